The Hall–Kier alpha value is -1.26. The molecule has 1 fully saturated rings. The second-order valence-corrected chi connectivity index (χ2v) is 5.65. The van der Waals surface area contributed by atoms with Crippen molar-refractivity contribution in [1.29, 1.82) is 0 Å². The van der Waals surface area contributed by atoms with Gasteiger partial charge in [-0.25, -0.2) is 0 Å². The lowest BCUT2D eigenvalue weighted by Gasteiger charge is -2.40. The van der Waals surface area contributed by atoms with Gasteiger partial charge in [0.1, 0.15) is 0 Å². The minimum Gasteiger partial charge on any atom is -0.493 e. The van der Waals surface area contributed by atoms with Gasteiger partial charge in [-0.2, -0.15) is 0 Å². The van der Waals surface area contributed by atoms with Gasteiger partial charge >= 0.3 is 0 Å². The van der Waals surface area contributed by atoms with Crippen LogP contribution in [0.1, 0.15) is 44.7 Å². The van der Waals surface area contributed by atoms with Crippen LogP contribution in [0.4, 0.5) is 0 Å². The van der Waals surface area contributed by atoms with Crippen LogP contribution >= 0.6 is 0 Å². The number of ether oxygens (including phenoxy) is 2. The van der Waals surface area contributed by atoms with E-state index in [1.807, 2.05) is 19.1 Å². The predicted octanol–water partition coefficient (Wildman–Crippen LogP) is 2.97. The number of methoxy groups -OCH3 is 1. The smallest absolute Gasteiger partial charge is 0.165 e. The van der Waals surface area contributed by atoms with Crippen LogP contribution in [-0.2, 0) is 0 Å². The van der Waals surface area contributed by atoms with Crippen molar-refractivity contribution in [2.24, 2.45) is 5.73 Å². The van der Waals surface area contributed by atoms with Crippen molar-refractivity contribution in [2.45, 2.75) is 45.2 Å². The predicted molar refractivity (Wildman–Crippen MR) is 86.0 cm³/mol. The lowest BCUT2D eigenvalue weighted by atomic mass is 9.96. The maximum Gasteiger partial charge on any atom is 0.165 e. The summed E-state index contributed by atoms with van der Waals surface area (Å²) in [6.07, 6.45) is 3.80. The second-order valence-electron chi connectivity index (χ2n) is 5.65. The first-order valence-electron chi connectivity index (χ1n) is 7.98. The molecule has 1 saturated heterocycles. The number of para-hydroxylation sites is 1. The molecule has 1 aromatic rings. The highest BCUT2D eigenvalue weighted by Crippen LogP contribution is 2.38. The van der Waals surface area contributed by atoms with Crippen molar-refractivity contribution in [3.05, 3.63) is 23.8 Å². The second kappa shape index (κ2) is 7.66. The van der Waals surface area contributed by atoms with Crippen molar-refractivity contribution >= 4 is 0 Å². The third-order valence-corrected chi connectivity index (χ3v) is 4.35. The quantitative estimate of drug-likeness (QED) is 0.875. The Balaban J connectivity index is 2.36. The molecule has 0 spiro atoms. The van der Waals surface area contributed by atoms with Gasteiger partial charge in [0.05, 0.1) is 19.8 Å². The van der Waals surface area contributed by atoms with E-state index < -0.39 is 0 Å². The number of hydrogen-bond acceptors (Lipinski definition) is 4. The molecule has 0 bridgehead atoms. The number of nitrogens with two attached hydrogens (primary N) is 1. The minimum absolute atomic E-state index is 0.192. The summed E-state index contributed by atoms with van der Waals surface area (Å²) in [5, 5.41) is 0. The van der Waals surface area contributed by atoms with Crippen LogP contribution in [0, 0.1) is 0 Å². The van der Waals surface area contributed by atoms with E-state index in [9.17, 15) is 0 Å². The minimum atomic E-state index is 0.192. The molecular formula is C17H28N2O2. The molecule has 4 nitrogen and oxygen atoms in total. The molecule has 2 rings (SSSR count). The summed E-state index contributed by atoms with van der Waals surface area (Å²) in [6, 6.07) is 6.84. The van der Waals surface area contributed by atoms with Gasteiger partial charge in [-0.1, -0.05) is 18.6 Å². The van der Waals surface area contributed by atoms with Crippen LogP contribution in [0.3, 0.4) is 0 Å². The molecule has 2 atom stereocenters. The molecule has 0 aromatic heterocycles. The number of hydrogen-bond donors (Lipinski definition) is 1. The summed E-state index contributed by atoms with van der Waals surface area (Å²) in [7, 11) is 1.68. The molecule has 0 aliphatic carbocycles. The summed E-state index contributed by atoms with van der Waals surface area (Å²) < 4.78 is 11.3. The van der Waals surface area contributed by atoms with Crippen molar-refractivity contribution in [3.8, 4) is 11.5 Å². The van der Waals surface area contributed by atoms with E-state index in [-0.39, 0.29) is 6.04 Å². The Morgan fingerprint density at radius 2 is 2.19 bits per heavy atom. The number of nitrogens with zero attached hydrogens (tertiary/aromatic N) is 1. The Kier molecular flexibility index (Phi) is 5.88. The summed E-state index contributed by atoms with van der Waals surface area (Å²) >= 11 is 0. The zero-order valence-corrected chi connectivity index (χ0v) is 13.5. The van der Waals surface area contributed by atoms with Crippen molar-refractivity contribution in [1.82, 2.24) is 4.90 Å². The number of likely N-dealkylation sites (tertiary alicyclic amines) is 1. The van der Waals surface area contributed by atoms with Gasteiger partial charge in [-0.3, -0.25) is 4.90 Å². The van der Waals surface area contributed by atoms with Gasteiger partial charge in [0.2, 0.25) is 0 Å². The largest absolute Gasteiger partial charge is 0.493 e. The van der Waals surface area contributed by atoms with Crippen LogP contribution < -0.4 is 15.2 Å². The normalized spacial score (nSPS) is 21.0. The first-order chi connectivity index (χ1) is 10.2. The van der Waals surface area contributed by atoms with Crippen LogP contribution in [0.5, 0.6) is 11.5 Å². The Labute approximate surface area is 128 Å². The topological polar surface area (TPSA) is 47.7 Å². The molecule has 1 aromatic carbocycles. The summed E-state index contributed by atoms with van der Waals surface area (Å²) in [6.45, 7) is 6.61. The van der Waals surface area contributed by atoms with Crippen LogP contribution in [0.15, 0.2) is 18.2 Å². The molecule has 0 radical (unpaired) electrons. The van der Waals surface area contributed by atoms with E-state index in [1.54, 1.807) is 7.11 Å². The van der Waals surface area contributed by atoms with E-state index in [0.29, 0.717) is 19.2 Å². The highest BCUT2D eigenvalue weighted by Gasteiger charge is 2.29. The number of benzene rings is 1. The fourth-order valence-corrected chi connectivity index (χ4v) is 3.28. The number of rotatable bonds is 6. The van der Waals surface area contributed by atoms with Gasteiger partial charge < -0.3 is 15.2 Å². The van der Waals surface area contributed by atoms with Crippen molar-refractivity contribution in [3.63, 3.8) is 0 Å². The molecule has 118 valence electrons. The highest BCUT2D eigenvalue weighted by molar-refractivity contribution is 5.48. The van der Waals surface area contributed by atoms with E-state index in [0.717, 1.165) is 23.6 Å². The summed E-state index contributed by atoms with van der Waals surface area (Å²) in [5.74, 6) is 1.63. The van der Waals surface area contributed by atoms with E-state index >= 15 is 0 Å². The molecule has 1 heterocycles. The van der Waals surface area contributed by atoms with Crippen LogP contribution in [-0.4, -0.2) is 37.7 Å². The zero-order chi connectivity index (χ0) is 15.2. The summed E-state index contributed by atoms with van der Waals surface area (Å²) in [5.41, 5.74) is 7.26. The van der Waals surface area contributed by atoms with Crippen LogP contribution in [0.25, 0.3) is 0 Å². The Morgan fingerprint density at radius 3 is 2.81 bits per heavy atom. The van der Waals surface area contributed by atoms with Gasteiger partial charge in [0.15, 0.2) is 11.5 Å². The molecular weight excluding hydrogens is 264 g/mol. The van der Waals surface area contributed by atoms with Gasteiger partial charge in [-0.15, -0.1) is 0 Å². The average Bonchev–Trinajstić information content (AvgIpc) is 2.51. The zero-order valence-electron chi connectivity index (χ0n) is 13.5. The van der Waals surface area contributed by atoms with Gasteiger partial charge in [0, 0.05) is 18.2 Å². The van der Waals surface area contributed by atoms with Gasteiger partial charge in [-0.05, 0) is 39.3 Å². The van der Waals surface area contributed by atoms with Crippen molar-refractivity contribution < 1.29 is 9.47 Å². The molecule has 4 heteroatoms. The maximum atomic E-state index is 6.12. The molecule has 2 unspecified atom stereocenters. The standard InChI is InChI=1S/C17H28N2O2/c1-4-21-17-14(9-7-10-16(17)20-3)15(12-18)19-11-6-5-8-13(19)2/h7,9-10,13,15H,4-6,8,11-12,18H2,1-3H3. The first-order valence-corrected chi connectivity index (χ1v) is 7.98. The van der Waals surface area contributed by atoms with E-state index in [4.69, 9.17) is 15.2 Å². The molecule has 1 aliphatic heterocycles. The average molecular weight is 292 g/mol. The molecule has 0 amide bonds. The third kappa shape index (κ3) is 3.50. The Bertz CT molecular complexity index is 450. The lowest BCUT2D eigenvalue weighted by Crippen LogP contribution is -2.43. The van der Waals surface area contributed by atoms with E-state index in [2.05, 4.69) is 17.9 Å². The molecule has 2 N–H and O–H groups in total. The maximum absolute atomic E-state index is 6.12. The highest BCUT2D eigenvalue weighted by atomic mass is 16.5. The fourth-order valence-electron chi connectivity index (χ4n) is 3.28. The SMILES string of the molecule is CCOc1c(OC)cccc1C(CN)N1CCCCC1C. The van der Waals surface area contributed by atoms with Gasteiger partial charge in [0.25, 0.3) is 0 Å². The van der Waals surface area contributed by atoms with Crippen molar-refractivity contribution in [2.75, 3.05) is 26.8 Å². The molecule has 21 heavy (non-hydrogen) atoms. The van der Waals surface area contributed by atoms with E-state index in [1.165, 1.54) is 19.3 Å². The van der Waals surface area contributed by atoms with Crippen LogP contribution in [0.2, 0.25) is 0 Å². The fraction of sp³-hybridized carbons (Fsp3) is 0.647. The molecule has 1 aliphatic rings. The lowest BCUT2D eigenvalue weighted by molar-refractivity contribution is 0.106. The third-order valence-electron chi connectivity index (χ3n) is 4.35. The summed E-state index contributed by atoms with van der Waals surface area (Å²) in [4.78, 5) is 2.51. The number of piperidine rings is 1. The Morgan fingerprint density at radius 1 is 1.38 bits per heavy atom. The monoisotopic (exact) mass is 292 g/mol. The molecule has 0 saturated carbocycles. The first kappa shape index (κ1) is 16.1.